The Morgan fingerprint density at radius 3 is 2.14 bits per heavy atom. The number of anilines is 1. The second kappa shape index (κ2) is 8.29. The molecule has 1 atom stereocenters. The molecule has 0 saturated carbocycles. The summed E-state index contributed by atoms with van der Waals surface area (Å²) >= 11 is 0. The monoisotopic (exact) mass is 292 g/mol. The van der Waals surface area contributed by atoms with Gasteiger partial charge in [-0.05, 0) is 30.4 Å². The van der Waals surface area contributed by atoms with E-state index in [1.807, 2.05) is 39.0 Å². The molecule has 21 heavy (non-hydrogen) atoms. The first-order valence-electron chi connectivity index (χ1n) is 7.44. The van der Waals surface area contributed by atoms with E-state index in [4.69, 9.17) is 5.11 Å². The molecule has 0 unspecified atom stereocenters. The number of hydrogen-bond donors (Lipinski definition) is 3. The first-order valence-corrected chi connectivity index (χ1v) is 7.44. The summed E-state index contributed by atoms with van der Waals surface area (Å²) in [4.78, 5) is 23.1. The van der Waals surface area contributed by atoms with Crippen molar-refractivity contribution in [3.05, 3.63) is 29.3 Å². The summed E-state index contributed by atoms with van der Waals surface area (Å²) < 4.78 is 0. The fourth-order valence-electron chi connectivity index (χ4n) is 2.26. The molecule has 0 radical (unpaired) electrons. The average Bonchev–Trinajstić information content (AvgIpc) is 2.46. The SMILES string of the molecule is CCC[C@@H](NC(=O)Nc1c(CC)cccc1CC)C(=O)O. The highest BCUT2D eigenvalue weighted by molar-refractivity contribution is 5.93. The normalized spacial score (nSPS) is 11.8. The van der Waals surface area contributed by atoms with Gasteiger partial charge in [0.2, 0.25) is 0 Å². The lowest BCUT2D eigenvalue weighted by atomic mass is 10.0. The fourth-order valence-corrected chi connectivity index (χ4v) is 2.26. The number of carboxylic acids is 1. The molecule has 5 nitrogen and oxygen atoms in total. The Hall–Kier alpha value is -2.04. The first-order chi connectivity index (χ1) is 10.0. The number of carboxylic acid groups (broad SMARTS) is 1. The molecule has 0 aliphatic rings. The third-order valence-electron chi connectivity index (χ3n) is 3.42. The molecule has 3 N–H and O–H groups in total. The Morgan fingerprint density at radius 1 is 1.14 bits per heavy atom. The van der Waals surface area contributed by atoms with Crippen LogP contribution >= 0.6 is 0 Å². The van der Waals surface area contributed by atoms with Crippen LogP contribution in [0.4, 0.5) is 10.5 Å². The van der Waals surface area contributed by atoms with Crippen LogP contribution in [0.2, 0.25) is 0 Å². The Morgan fingerprint density at radius 2 is 1.71 bits per heavy atom. The second-order valence-corrected chi connectivity index (χ2v) is 4.94. The van der Waals surface area contributed by atoms with E-state index in [2.05, 4.69) is 10.6 Å². The molecule has 5 heteroatoms. The molecule has 0 heterocycles. The summed E-state index contributed by atoms with van der Waals surface area (Å²) in [6, 6.07) is 4.59. The maximum absolute atomic E-state index is 12.1. The van der Waals surface area contributed by atoms with Gasteiger partial charge in [-0.2, -0.15) is 0 Å². The van der Waals surface area contributed by atoms with Crippen LogP contribution in [0.25, 0.3) is 0 Å². The highest BCUT2D eigenvalue weighted by atomic mass is 16.4. The van der Waals surface area contributed by atoms with Gasteiger partial charge in [-0.15, -0.1) is 0 Å². The first kappa shape index (κ1) is 17.0. The van der Waals surface area contributed by atoms with Gasteiger partial charge in [0.05, 0.1) is 0 Å². The van der Waals surface area contributed by atoms with Crippen LogP contribution < -0.4 is 10.6 Å². The second-order valence-electron chi connectivity index (χ2n) is 4.94. The maximum Gasteiger partial charge on any atom is 0.326 e. The van der Waals surface area contributed by atoms with E-state index in [1.54, 1.807) is 0 Å². The molecule has 0 bridgehead atoms. The topological polar surface area (TPSA) is 78.4 Å². The molecule has 1 rings (SSSR count). The Bertz CT molecular complexity index is 478. The predicted octanol–water partition coefficient (Wildman–Crippen LogP) is 3.19. The Balaban J connectivity index is 2.85. The van der Waals surface area contributed by atoms with Crippen LogP contribution in [-0.4, -0.2) is 23.1 Å². The summed E-state index contributed by atoms with van der Waals surface area (Å²) in [5.74, 6) is -1.01. The molecular weight excluding hydrogens is 268 g/mol. The van der Waals surface area contributed by atoms with Gasteiger partial charge in [0.15, 0.2) is 0 Å². The number of rotatable bonds is 7. The zero-order chi connectivity index (χ0) is 15.8. The number of urea groups is 1. The lowest BCUT2D eigenvalue weighted by molar-refractivity contribution is -0.139. The van der Waals surface area contributed by atoms with E-state index in [0.29, 0.717) is 12.8 Å². The van der Waals surface area contributed by atoms with Crippen molar-refractivity contribution in [1.82, 2.24) is 5.32 Å². The van der Waals surface area contributed by atoms with Crippen LogP contribution in [0.3, 0.4) is 0 Å². The molecule has 0 saturated heterocycles. The van der Waals surface area contributed by atoms with Crippen molar-refractivity contribution >= 4 is 17.7 Å². The minimum Gasteiger partial charge on any atom is -0.480 e. The standard InChI is InChI=1S/C16H24N2O3/c1-4-8-13(15(19)20)17-16(21)18-14-11(5-2)9-7-10-12(14)6-3/h7,9-10,13H,4-6,8H2,1-3H3,(H,19,20)(H2,17,18,21)/t13-/m1/s1. The number of carbonyl (C=O) groups is 2. The average molecular weight is 292 g/mol. The molecule has 1 aromatic rings. The largest absolute Gasteiger partial charge is 0.480 e. The summed E-state index contributed by atoms with van der Waals surface area (Å²) in [7, 11) is 0. The van der Waals surface area contributed by atoms with Gasteiger partial charge < -0.3 is 15.7 Å². The van der Waals surface area contributed by atoms with E-state index >= 15 is 0 Å². The van der Waals surface area contributed by atoms with Crippen LogP contribution in [0.5, 0.6) is 0 Å². The molecule has 0 fully saturated rings. The van der Waals surface area contributed by atoms with E-state index in [1.165, 1.54) is 0 Å². The number of benzene rings is 1. The number of aliphatic carboxylic acids is 1. The van der Waals surface area contributed by atoms with Crippen molar-refractivity contribution in [1.29, 1.82) is 0 Å². The van der Waals surface area contributed by atoms with Gasteiger partial charge >= 0.3 is 12.0 Å². The molecule has 116 valence electrons. The number of carbonyl (C=O) groups excluding carboxylic acids is 1. The Labute approximate surface area is 125 Å². The lowest BCUT2D eigenvalue weighted by Crippen LogP contribution is -2.43. The van der Waals surface area contributed by atoms with Gasteiger partial charge in [0, 0.05) is 5.69 Å². The number of para-hydroxylation sites is 1. The predicted molar refractivity (Wildman–Crippen MR) is 83.7 cm³/mol. The minimum absolute atomic E-state index is 0.415. The van der Waals surface area contributed by atoms with Crippen LogP contribution in [-0.2, 0) is 17.6 Å². The zero-order valence-electron chi connectivity index (χ0n) is 12.9. The van der Waals surface area contributed by atoms with Gasteiger partial charge in [-0.25, -0.2) is 9.59 Å². The van der Waals surface area contributed by atoms with Crippen molar-refractivity contribution in [2.45, 2.75) is 52.5 Å². The molecule has 2 amide bonds. The van der Waals surface area contributed by atoms with Crippen molar-refractivity contribution in [2.75, 3.05) is 5.32 Å². The van der Waals surface area contributed by atoms with Gasteiger partial charge in [0.1, 0.15) is 6.04 Å². The smallest absolute Gasteiger partial charge is 0.326 e. The molecule has 0 aliphatic carbocycles. The van der Waals surface area contributed by atoms with Gasteiger partial charge in [0.25, 0.3) is 0 Å². The lowest BCUT2D eigenvalue weighted by Gasteiger charge is -2.17. The van der Waals surface area contributed by atoms with Crippen LogP contribution in [0, 0.1) is 0 Å². The molecular formula is C16H24N2O3. The molecule has 0 aliphatic heterocycles. The highest BCUT2D eigenvalue weighted by Gasteiger charge is 2.19. The molecule has 0 spiro atoms. The van der Waals surface area contributed by atoms with E-state index in [-0.39, 0.29) is 0 Å². The summed E-state index contributed by atoms with van der Waals surface area (Å²) in [5.41, 5.74) is 2.89. The summed E-state index contributed by atoms with van der Waals surface area (Å²) in [6.07, 6.45) is 2.73. The van der Waals surface area contributed by atoms with Crippen LogP contribution in [0.15, 0.2) is 18.2 Å². The molecule has 0 aromatic heterocycles. The number of nitrogens with one attached hydrogen (secondary N) is 2. The number of aryl methyl sites for hydroxylation is 2. The zero-order valence-corrected chi connectivity index (χ0v) is 12.9. The minimum atomic E-state index is -1.01. The summed E-state index contributed by atoms with van der Waals surface area (Å²) in [5, 5.41) is 14.4. The van der Waals surface area contributed by atoms with E-state index in [0.717, 1.165) is 29.7 Å². The van der Waals surface area contributed by atoms with E-state index < -0.39 is 18.0 Å². The van der Waals surface area contributed by atoms with Crippen molar-refractivity contribution in [2.24, 2.45) is 0 Å². The van der Waals surface area contributed by atoms with Crippen molar-refractivity contribution in [3.8, 4) is 0 Å². The third kappa shape index (κ3) is 4.77. The van der Waals surface area contributed by atoms with Gasteiger partial charge in [-0.1, -0.05) is 45.4 Å². The third-order valence-corrected chi connectivity index (χ3v) is 3.42. The maximum atomic E-state index is 12.1. The molecule has 1 aromatic carbocycles. The Kier molecular flexibility index (Phi) is 6.72. The summed E-state index contributed by atoms with van der Waals surface area (Å²) in [6.45, 7) is 5.93. The van der Waals surface area contributed by atoms with Crippen molar-refractivity contribution in [3.63, 3.8) is 0 Å². The van der Waals surface area contributed by atoms with Crippen molar-refractivity contribution < 1.29 is 14.7 Å². The number of amides is 2. The highest BCUT2D eigenvalue weighted by Crippen LogP contribution is 2.22. The number of hydrogen-bond acceptors (Lipinski definition) is 2. The van der Waals surface area contributed by atoms with Gasteiger partial charge in [-0.3, -0.25) is 0 Å². The van der Waals surface area contributed by atoms with Crippen LogP contribution in [0.1, 0.15) is 44.7 Å². The fraction of sp³-hybridized carbons (Fsp3) is 0.500. The van der Waals surface area contributed by atoms with E-state index in [9.17, 15) is 9.59 Å². The quantitative estimate of drug-likeness (QED) is 0.722.